The second kappa shape index (κ2) is 6.51. The van der Waals surface area contributed by atoms with Crippen LogP contribution in [0.2, 0.25) is 0 Å². The minimum atomic E-state index is -2.95. The molecule has 114 valence electrons. The summed E-state index contributed by atoms with van der Waals surface area (Å²) in [6.45, 7) is -2.95. The molecule has 2 rings (SSSR count). The molecule has 7 heteroatoms. The van der Waals surface area contributed by atoms with Gasteiger partial charge in [-0.3, -0.25) is 9.59 Å². The minimum absolute atomic E-state index is 0.0281. The van der Waals surface area contributed by atoms with E-state index in [1.807, 2.05) is 0 Å². The van der Waals surface area contributed by atoms with Crippen LogP contribution < -0.4 is 10.1 Å². The summed E-state index contributed by atoms with van der Waals surface area (Å²) in [5.74, 6) is -1.64. The maximum atomic E-state index is 12.3. The maximum Gasteiger partial charge on any atom is 0.387 e. The number of carbonyl (C=O) groups excluding carboxylic acids is 1. The van der Waals surface area contributed by atoms with E-state index in [2.05, 4.69) is 10.1 Å². The number of alkyl halides is 2. The lowest BCUT2D eigenvalue weighted by molar-refractivity contribution is -0.146. The molecular formula is C14H15F2NO4. The van der Waals surface area contributed by atoms with Crippen molar-refractivity contribution in [3.05, 3.63) is 29.8 Å². The minimum Gasteiger partial charge on any atom is -0.481 e. The molecule has 1 aliphatic rings. The Kier molecular flexibility index (Phi) is 4.72. The normalized spacial score (nSPS) is 20.7. The van der Waals surface area contributed by atoms with Crippen LogP contribution in [-0.4, -0.2) is 29.6 Å². The molecule has 1 fully saturated rings. The van der Waals surface area contributed by atoms with Crippen molar-refractivity contribution in [1.29, 1.82) is 0 Å². The van der Waals surface area contributed by atoms with Crippen LogP contribution in [0, 0.1) is 5.92 Å². The molecule has 1 amide bonds. The number of ether oxygens (including phenoxy) is 1. The summed E-state index contributed by atoms with van der Waals surface area (Å²) in [5.41, 5.74) is 0.365. The number of aliphatic carboxylic acids is 1. The zero-order chi connectivity index (χ0) is 15.4. The Morgan fingerprint density at radius 1 is 1.33 bits per heavy atom. The van der Waals surface area contributed by atoms with Gasteiger partial charge in [0.25, 0.3) is 0 Å². The molecule has 1 aromatic carbocycles. The largest absolute Gasteiger partial charge is 0.481 e. The van der Waals surface area contributed by atoms with Gasteiger partial charge in [0, 0.05) is 11.6 Å². The van der Waals surface area contributed by atoms with E-state index in [0.29, 0.717) is 18.4 Å². The van der Waals surface area contributed by atoms with E-state index in [4.69, 9.17) is 5.11 Å². The molecule has 1 saturated carbocycles. The quantitative estimate of drug-likeness (QED) is 0.840. The fourth-order valence-corrected chi connectivity index (χ4v) is 2.25. The van der Waals surface area contributed by atoms with Crippen molar-refractivity contribution in [2.24, 2.45) is 5.92 Å². The van der Waals surface area contributed by atoms with Crippen molar-refractivity contribution < 1.29 is 28.2 Å². The zero-order valence-electron chi connectivity index (χ0n) is 11.1. The molecule has 0 aliphatic heterocycles. The highest BCUT2D eigenvalue weighted by Gasteiger charge is 2.35. The molecule has 0 heterocycles. The fourth-order valence-electron chi connectivity index (χ4n) is 2.25. The number of rotatable bonds is 6. The summed E-state index contributed by atoms with van der Waals surface area (Å²) in [6.07, 6.45) is 0.712. The van der Waals surface area contributed by atoms with Crippen molar-refractivity contribution >= 4 is 11.9 Å². The van der Waals surface area contributed by atoms with Crippen LogP contribution in [0.5, 0.6) is 5.75 Å². The lowest BCUT2D eigenvalue weighted by Crippen LogP contribution is -2.47. The Hall–Kier alpha value is -2.18. The molecule has 0 saturated heterocycles. The summed E-state index contributed by atoms with van der Waals surface area (Å²) >= 11 is 0. The number of benzene rings is 1. The second-order valence-electron chi connectivity index (χ2n) is 4.93. The van der Waals surface area contributed by atoms with Gasteiger partial charge in [-0.15, -0.1) is 0 Å². The monoisotopic (exact) mass is 299 g/mol. The molecule has 0 bridgehead atoms. The highest BCUT2D eigenvalue weighted by atomic mass is 19.3. The Bertz CT molecular complexity index is 529. The Labute approximate surface area is 119 Å². The molecule has 0 atom stereocenters. The van der Waals surface area contributed by atoms with Gasteiger partial charge in [0.15, 0.2) is 0 Å². The zero-order valence-corrected chi connectivity index (χ0v) is 11.1. The van der Waals surface area contributed by atoms with Gasteiger partial charge in [0.1, 0.15) is 5.75 Å². The van der Waals surface area contributed by atoms with Crippen molar-refractivity contribution in [2.45, 2.75) is 31.9 Å². The highest BCUT2D eigenvalue weighted by Crippen LogP contribution is 2.27. The van der Waals surface area contributed by atoms with E-state index in [-0.39, 0.29) is 24.1 Å². The molecule has 2 N–H and O–H groups in total. The van der Waals surface area contributed by atoms with Crippen molar-refractivity contribution in [2.75, 3.05) is 0 Å². The van der Waals surface area contributed by atoms with E-state index in [1.165, 1.54) is 12.1 Å². The molecule has 5 nitrogen and oxygen atoms in total. The van der Waals surface area contributed by atoms with Crippen LogP contribution in [0.15, 0.2) is 24.3 Å². The van der Waals surface area contributed by atoms with Crippen molar-refractivity contribution in [3.8, 4) is 5.75 Å². The molecule has 1 aromatic rings. The fraction of sp³-hybridized carbons (Fsp3) is 0.429. The lowest BCUT2D eigenvalue weighted by atomic mass is 9.80. The Balaban J connectivity index is 1.87. The lowest BCUT2D eigenvalue weighted by Gasteiger charge is -2.32. The van der Waals surface area contributed by atoms with E-state index in [1.54, 1.807) is 12.1 Å². The predicted octanol–water partition coefficient (Wildman–Crippen LogP) is 1.81. The van der Waals surface area contributed by atoms with Gasteiger partial charge in [0.05, 0.1) is 12.3 Å². The van der Waals surface area contributed by atoms with Crippen LogP contribution in [0.3, 0.4) is 0 Å². The summed E-state index contributed by atoms with van der Waals surface area (Å²) in [4.78, 5) is 22.5. The Morgan fingerprint density at radius 2 is 2.00 bits per heavy atom. The standard InChI is InChI=1S/C14H15F2NO4/c15-14(16)21-11-4-2-1-3-8(11)7-12(18)17-10-5-9(6-10)13(19)20/h1-4,9-10,14H,5-7H2,(H,17,18)(H,19,20). The topological polar surface area (TPSA) is 75.6 Å². The Morgan fingerprint density at radius 3 is 2.62 bits per heavy atom. The third kappa shape index (κ3) is 4.14. The first kappa shape index (κ1) is 15.2. The molecular weight excluding hydrogens is 284 g/mol. The summed E-state index contributed by atoms with van der Waals surface area (Å²) in [6, 6.07) is 5.92. The van der Waals surface area contributed by atoms with Crippen LogP contribution in [0.4, 0.5) is 8.78 Å². The maximum absolute atomic E-state index is 12.3. The third-order valence-corrected chi connectivity index (χ3v) is 3.39. The van der Waals surface area contributed by atoms with E-state index >= 15 is 0 Å². The molecule has 1 aliphatic carbocycles. The number of halogens is 2. The number of carbonyl (C=O) groups is 2. The van der Waals surface area contributed by atoms with Gasteiger partial charge >= 0.3 is 12.6 Å². The summed E-state index contributed by atoms with van der Waals surface area (Å²) in [7, 11) is 0. The number of para-hydroxylation sites is 1. The van der Waals surface area contributed by atoms with E-state index in [0.717, 1.165) is 0 Å². The van der Waals surface area contributed by atoms with Gasteiger partial charge in [-0.05, 0) is 18.9 Å². The first-order valence-corrected chi connectivity index (χ1v) is 6.50. The van der Waals surface area contributed by atoms with Crippen molar-refractivity contribution in [1.82, 2.24) is 5.32 Å². The van der Waals surface area contributed by atoms with Crippen molar-refractivity contribution in [3.63, 3.8) is 0 Å². The molecule has 0 aromatic heterocycles. The van der Waals surface area contributed by atoms with E-state index in [9.17, 15) is 18.4 Å². The smallest absolute Gasteiger partial charge is 0.387 e. The third-order valence-electron chi connectivity index (χ3n) is 3.39. The number of hydrogen-bond donors (Lipinski definition) is 2. The van der Waals surface area contributed by atoms with Crippen LogP contribution in [0.25, 0.3) is 0 Å². The molecule has 0 spiro atoms. The highest BCUT2D eigenvalue weighted by molar-refractivity contribution is 5.80. The van der Waals surface area contributed by atoms with E-state index < -0.39 is 18.5 Å². The van der Waals surface area contributed by atoms with Gasteiger partial charge in [-0.2, -0.15) is 8.78 Å². The number of amides is 1. The van der Waals surface area contributed by atoms with Gasteiger partial charge < -0.3 is 15.2 Å². The number of nitrogens with one attached hydrogen (secondary N) is 1. The second-order valence-corrected chi connectivity index (χ2v) is 4.93. The first-order chi connectivity index (χ1) is 9.95. The summed E-state index contributed by atoms with van der Waals surface area (Å²) in [5, 5.41) is 11.4. The molecule has 21 heavy (non-hydrogen) atoms. The van der Waals surface area contributed by atoms with Crippen LogP contribution >= 0.6 is 0 Å². The average Bonchev–Trinajstić information content (AvgIpc) is 2.34. The summed E-state index contributed by atoms with van der Waals surface area (Å²) < 4.78 is 28.9. The van der Waals surface area contributed by atoms with Crippen LogP contribution in [0.1, 0.15) is 18.4 Å². The number of carboxylic acids is 1. The van der Waals surface area contributed by atoms with Crippen LogP contribution in [-0.2, 0) is 16.0 Å². The average molecular weight is 299 g/mol. The first-order valence-electron chi connectivity index (χ1n) is 6.50. The SMILES string of the molecule is O=C(Cc1ccccc1OC(F)F)NC1CC(C(=O)O)C1. The predicted molar refractivity (Wildman–Crippen MR) is 69.1 cm³/mol. The van der Waals surface area contributed by atoms with Gasteiger partial charge in [-0.25, -0.2) is 0 Å². The number of hydrogen-bond acceptors (Lipinski definition) is 3. The molecule has 0 unspecified atom stereocenters. The molecule has 0 radical (unpaired) electrons. The van der Waals surface area contributed by atoms with Gasteiger partial charge in [-0.1, -0.05) is 18.2 Å². The van der Waals surface area contributed by atoms with Gasteiger partial charge in [0.2, 0.25) is 5.91 Å². The number of carboxylic acid groups (broad SMARTS) is 1.